The van der Waals surface area contributed by atoms with Gasteiger partial charge in [0.15, 0.2) is 0 Å². The standard InChI is InChI=1S/C17H23ClN2O2/c1-2-15(20-17(22)16(21)19-10-9-18)14-8-7-12-5-3-4-6-13(12)11-14/h7-8,11,15H,2-6,9-10H2,1H3,(H,19,21)(H,20,22). The van der Waals surface area contributed by atoms with Gasteiger partial charge < -0.3 is 10.6 Å². The Balaban J connectivity index is 2.05. The topological polar surface area (TPSA) is 58.2 Å². The van der Waals surface area contributed by atoms with Gasteiger partial charge in [0.25, 0.3) is 0 Å². The Kier molecular flexibility index (Phi) is 6.25. The number of fused-ring (bicyclic) bond motifs is 1. The van der Waals surface area contributed by atoms with Crippen molar-refractivity contribution in [2.45, 2.75) is 45.1 Å². The summed E-state index contributed by atoms with van der Waals surface area (Å²) < 4.78 is 0. The molecule has 0 spiro atoms. The van der Waals surface area contributed by atoms with Crippen molar-refractivity contribution >= 4 is 23.4 Å². The molecule has 22 heavy (non-hydrogen) atoms. The van der Waals surface area contributed by atoms with Gasteiger partial charge in [-0.25, -0.2) is 0 Å². The highest BCUT2D eigenvalue weighted by Gasteiger charge is 2.19. The van der Waals surface area contributed by atoms with Gasteiger partial charge in [0.2, 0.25) is 0 Å². The molecule has 0 heterocycles. The molecule has 1 aliphatic carbocycles. The minimum atomic E-state index is -0.628. The second-order valence-electron chi connectivity index (χ2n) is 5.61. The van der Waals surface area contributed by atoms with E-state index in [1.807, 2.05) is 6.92 Å². The van der Waals surface area contributed by atoms with Crippen LogP contribution in [0.2, 0.25) is 0 Å². The normalized spacial score (nSPS) is 14.8. The van der Waals surface area contributed by atoms with Crippen molar-refractivity contribution in [1.29, 1.82) is 0 Å². The third-order valence-electron chi connectivity index (χ3n) is 4.07. The van der Waals surface area contributed by atoms with Crippen molar-refractivity contribution in [3.63, 3.8) is 0 Å². The fraction of sp³-hybridized carbons (Fsp3) is 0.529. The minimum Gasteiger partial charge on any atom is -0.347 e. The van der Waals surface area contributed by atoms with E-state index >= 15 is 0 Å². The maximum absolute atomic E-state index is 11.9. The molecule has 1 atom stereocenters. The fourth-order valence-electron chi connectivity index (χ4n) is 2.86. The summed E-state index contributed by atoms with van der Waals surface area (Å²) in [5.41, 5.74) is 3.86. The monoisotopic (exact) mass is 322 g/mol. The molecule has 2 N–H and O–H groups in total. The molecule has 2 amide bonds. The number of alkyl halides is 1. The number of rotatable bonds is 5. The fourth-order valence-corrected chi connectivity index (χ4v) is 2.95. The number of aryl methyl sites for hydroxylation is 2. The molecule has 4 nitrogen and oxygen atoms in total. The zero-order valence-corrected chi connectivity index (χ0v) is 13.7. The van der Waals surface area contributed by atoms with Crippen LogP contribution < -0.4 is 10.6 Å². The number of carbonyl (C=O) groups is 2. The van der Waals surface area contributed by atoms with Gasteiger partial charge in [-0.3, -0.25) is 9.59 Å². The molecular formula is C17H23ClN2O2. The summed E-state index contributed by atoms with van der Waals surface area (Å²) in [5, 5.41) is 5.28. The number of carbonyl (C=O) groups excluding carboxylic acids is 2. The van der Waals surface area contributed by atoms with E-state index in [9.17, 15) is 9.59 Å². The van der Waals surface area contributed by atoms with E-state index in [2.05, 4.69) is 28.8 Å². The van der Waals surface area contributed by atoms with Crippen LogP contribution in [0, 0.1) is 0 Å². The Hall–Kier alpha value is -1.55. The van der Waals surface area contributed by atoms with Gasteiger partial charge in [-0.15, -0.1) is 11.6 Å². The molecule has 0 bridgehead atoms. The first-order chi connectivity index (χ1) is 10.7. The SMILES string of the molecule is CCC(NC(=O)C(=O)NCCCl)c1ccc2c(c1)CCCC2. The van der Waals surface area contributed by atoms with Gasteiger partial charge in [0.1, 0.15) is 0 Å². The lowest BCUT2D eigenvalue weighted by Gasteiger charge is -2.21. The zero-order chi connectivity index (χ0) is 15.9. The van der Waals surface area contributed by atoms with E-state index in [-0.39, 0.29) is 6.04 Å². The molecule has 1 aromatic rings. The van der Waals surface area contributed by atoms with E-state index in [0.717, 1.165) is 24.8 Å². The van der Waals surface area contributed by atoms with E-state index in [1.54, 1.807) is 0 Å². The van der Waals surface area contributed by atoms with Crippen molar-refractivity contribution in [3.8, 4) is 0 Å². The average molecular weight is 323 g/mol. The highest BCUT2D eigenvalue weighted by molar-refractivity contribution is 6.35. The molecule has 120 valence electrons. The summed E-state index contributed by atoms with van der Waals surface area (Å²) in [7, 11) is 0. The van der Waals surface area contributed by atoms with E-state index in [1.165, 1.54) is 24.0 Å². The molecule has 0 saturated carbocycles. The van der Waals surface area contributed by atoms with E-state index in [0.29, 0.717) is 12.4 Å². The number of amides is 2. The van der Waals surface area contributed by atoms with Crippen LogP contribution in [0.25, 0.3) is 0 Å². The maximum Gasteiger partial charge on any atom is 0.309 e. The Bertz CT molecular complexity index is 545. The maximum atomic E-state index is 11.9. The van der Waals surface area contributed by atoms with Crippen LogP contribution in [0.3, 0.4) is 0 Å². The summed E-state index contributed by atoms with van der Waals surface area (Å²) in [6.45, 7) is 2.30. The third-order valence-corrected chi connectivity index (χ3v) is 4.26. The van der Waals surface area contributed by atoms with Crippen molar-refractivity contribution < 1.29 is 9.59 Å². The first-order valence-corrected chi connectivity index (χ1v) is 8.45. The second kappa shape index (κ2) is 8.18. The highest BCUT2D eigenvalue weighted by atomic mass is 35.5. The van der Waals surface area contributed by atoms with Crippen LogP contribution in [0.15, 0.2) is 18.2 Å². The number of hydrogen-bond donors (Lipinski definition) is 2. The van der Waals surface area contributed by atoms with Crippen LogP contribution in [0.4, 0.5) is 0 Å². The lowest BCUT2D eigenvalue weighted by atomic mass is 9.89. The molecule has 0 saturated heterocycles. The molecule has 5 heteroatoms. The molecule has 2 rings (SSSR count). The number of halogens is 1. The molecule has 1 aromatic carbocycles. The molecule has 0 aromatic heterocycles. The van der Waals surface area contributed by atoms with Crippen molar-refractivity contribution in [2.24, 2.45) is 0 Å². The molecule has 0 aliphatic heterocycles. The summed E-state index contributed by atoms with van der Waals surface area (Å²) in [4.78, 5) is 23.5. The number of hydrogen-bond acceptors (Lipinski definition) is 2. The summed E-state index contributed by atoms with van der Waals surface area (Å²) in [5.74, 6) is -0.937. The van der Waals surface area contributed by atoms with Gasteiger partial charge >= 0.3 is 11.8 Å². The largest absolute Gasteiger partial charge is 0.347 e. The Morgan fingerprint density at radius 1 is 1.18 bits per heavy atom. The van der Waals surface area contributed by atoms with Crippen molar-refractivity contribution in [3.05, 3.63) is 34.9 Å². The first kappa shape index (κ1) is 16.8. The van der Waals surface area contributed by atoms with Gasteiger partial charge in [0.05, 0.1) is 6.04 Å². The van der Waals surface area contributed by atoms with Gasteiger partial charge in [-0.1, -0.05) is 25.1 Å². The van der Waals surface area contributed by atoms with Crippen LogP contribution >= 0.6 is 11.6 Å². The van der Waals surface area contributed by atoms with Gasteiger partial charge in [-0.05, 0) is 48.8 Å². The molecule has 1 aliphatic rings. The summed E-state index contributed by atoms with van der Waals surface area (Å²) in [6.07, 6.45) is 5.46. The van der Waals surface area contributed by atoms with Crippen LogP contribution in [-0.2, 0) is 22.4 Å². The smallest absolute Gasteiger partial charge is 0.309 e. The van der Waals surface area contributed by atoms with Crippen LogP contribution in [0.1, 0.15) is 48.9 Å². The van der Waals surface area contributed by atoms with Gasteiger partial charge in [-0.2, -0.15) is 0 Å². The molecule has 0 fully saturated rings. The van der Waals surface area contributed by atoms with E-state index < -0.39 is 11.8 Å². The minimum absolute atomic E-state index is 0.138. The predicted molar refractivity (Wildman–Crippen MR) is 88.0 cm³/mol. The second-order valence-corrected chi connectivity index (χ2v) is 5.99. The average Bonchev–Trinajstić information content (AvgIpc) is 2.56. The Morgan fingerprint density at radius 3 is 2.59 bits per heavy atom. The van der Waals surface area contributed by atoms with Gasteiger partial charge in [0, 0.05) is 12.4 Å². The van der Waals surface area contributed by atoms with Crippen molar-refractivity contribution in [1.82, 2.24) is 10.6 Å². The molecule has 0 radical (unpaired) electrons. The summed E-state index contributed by atoms with van der Waals surface area (Å²) in [6, 6.07) is 6.27. The first-order valence-electron chi connectivity index (χ1n) is 7.92. The van der Waals surface area contributed by atoms with Crippen LogP contribution in [0.5, 0.6) is 0 Å². The van der Waals surface area contributed by atoms with Crippen LogP contribution in [-0.4, -0.2) is 24.2 Å². The summed E-state index contributed by atoms with van der Waals surface area (Å²) >= 11 is 5.50. The van der Waals surface area contributed by atoms with E-state index in [4.69, 9.17) is 11.6 Å². The molecular weight excluding hydrogens is 300 g/mol. The Morgan fingerprint density at radius 2 is 1.91 bits per heavy atom. The highest BCUT2D eigenvalue weighted by Crippen LogP contribution is 2.25. The lowest BCUT2D eigenvalue weighted by Crippen LogP contribution is -2.42. The predicted octanol–water partition coefficient (Wildman–Crippen LogP) is 2.49. The lowest BCUT2D eigenvalue weighted by molar-refractivity contribution is -0.139. The zero-order valence-electron chi connectivity index (χ0n) is 13.0. The number of benzene rings is 1. The quantitative estimate of drug-likeness (QED) is 0.646. The molecule has 1 unspecified atom stereocenters. The number of nitrogens with one attached hydrogen (secondary N) is 2. The van der Waals surface area contributed by atoms with Crippen molar-refractivity contribution in [2.75, 3.05) is 12.4 Å². The third kappa shape index (κ3) is 4.23. The Labute approximate surface area is 136 Å².